The van der Waals surface area contributed by atoms with Crippen LogP contribution in [0.1, 0.15) is 33.6 Å². The molecule has 0 bridgehead atoms. The van der Waals surface area contributed by atoms with Gasteiger partial charge in [0, 0.05) is 44.7 Å². The number of rotatable bonds is 9. The molecular formula is C25H24N4O9. The second-order valence-electron chi connectivity index (χ2n) is 8.72. The first-order valence-electron chi connectivity index (χ1n) is 11.8. The average Bonchev–Trinajstić information content (AvgIpc) is 3.17. The maximum Gasteiger partial charge on any atom is 0.326 e. The Morgan fingerprint density at radius 3 is 1.92 bits per heavy atom. The van der Waals surface area contributed by atoms with E-state index in [-0.39, 0.29) is 74.3 Å². The van der Waals surface area contributed by atoms with Crippen molar-refractivity contribution < 1.29 is 38.7 Å². The zero-order valence-electron chi connectivity index (χ0n) is 20.1. The van der Waals surface area contributed by atoms with Gasteiger partial charge < -0.3 is 19.6 Å². The first-order chi connectivity index (χ1) is 18.2. The Kier molecular flexibility index (Phi) is 7.65. The van der Waals surface area contributed by atoms with Gasteiger partial charge in [-0.3, -0.25) is 34.2 Å². The van der Waals surface area contributed by atoms with Crippen molar-refractivity contribution in [2.45, 2.75) is 18.9 Å². The van der Waals surface area contributed by atoms with Crippen LogP contribution in [0.5, 0.6) is 5.75 Å². The molecule has 1 saturated heterocycles. The third kappa shape index (κ3) is 5.45. The van der Waals surface area contributed by atoms with Gasteiger partial charge in [0.2, 0.25) is 5.91 Å². The van der Waals surface area contributed by atoms with E-state index in [1.54, 1.807) is 12.1 Å². The molecule has 4 amide bonds. The van der Waals surface area contributed by atoms with Crippen molar-refractivity contribution in [1.29, 1.82) is 0 Å². The Balaban J connectivity index is 1.25. The van der Waals surface area contributed by atoms with Crippen molar-refractivity contribution in [3.8, 4) is 5.75 Å². The molecule has 2 aromatic carbocycles. The van der Waals surface area contributed by atoms with Crippen LogP contribution < -0.4 is 4.74 Å². The normalized spacial score (nSPS) is 15.7. The van der Waals surface area contributed by atoms with Crippen LogP contribution in [0.3, 0.4) is 0 Å². The SMILES string of the molecule is O=C(O)[C@H](CCC(=O)N1CCN(C(=O)COc2ccc([N+](=O)[O-])cc2)CC1)N1C(=O)c2ccccc2C1=O. The molecule has 1 N–H and O–H groups in total. The molecule has 198 valence electrons. The molecule has 0 spiro atoms. The van der Waals surface area contributed by atoms with E-state index in [2.05, 4.69) is 0 Å². The van der Waals surface area contributed by atoms with E-state index in [1.165, 1.54) is 46.2 Å². The summed E-state index contributed by atoms with van der Waals surface area (Å²) >= 11 is 0. The number of nitro benzene ring substituents is 1. The van der Waals surface area contributed by atoms with Crippen molar-refractivity contribution in [3.05, 3.63) is 69.8 Å². The summed E-state index contributed by atoms with van der Waals surface area (Å²) in [6, 6.07) is 9.93. The third-order valence-corrected chi connectivity index (χ3v) is 6.45. The fourth-order valence-electron chi connectivity index (χ4n) is 4.38. The number of hydrogen-bond acceptors (Lipinski definition) is 8. The summed E-state index contributed by atoms with van der Waals surface area (Å²) in [7, 11) is 0. The maximum atomic E-state index is 12.8. The predicted molar refractivity (Wildman–Crippen MR) is 129 cm³/mol. The van der Waals surface area contributed by atoms with E-state index in [0.29, 0.717) is 10.6 Å². The van der Waals surface area contributed by atoms with E-state index in [9.17, 15) is 39.2 Å². The van der Waals surface area contributed by atoms with E-state index in [1.807, 2.05) is 0 Å². The summed E-state index contributed by atoms with van der Waals surface area (Å²) in [5.41, 5.74) is 0.171. The van der Waals surface area contributed by atoms with Crippen LogP contribution >= 0.6 is 0 Å². The van der Waals surface area contributed by atoms with Gasteiger partial charge in [0.1, 0.15) is 11.8 Å². The van der Waals surface area contributed by atoms with E-state index in [0.717, 1.165) is 0 Å². The summed E-state index contributed by atoms with van der Waals surface area (Å²) < 4.78 is 5.40. The van der Waals surface area contributed by atoms with Gasteiger partial charge in [0.15, 0.2) is 6.61 Å². The van der Waals surface area contributed by atoms with Gasteiger partial charge in [-0.2, -0.15) is 0 Å². The number of carboxylic acid groups (broad SMARTS) is 1. The molecule has 13 heteroatoms. The summed E-state index contributed by atoms with van der Waals surface area (Å²) in [4.78, 5) is 76.3. The average molecular weight is 524 g/mol. The van der Waals surface area contributed by atoms with Crippen LogP contribution in [-0.4, -0.2) is 93.2 Å². The number of carbonyl (C=O) groups excluding carboxylic acids is 4. The van der Waals surface area contributed by atoms with Gasteiger partial charge in [0.25, 0.3) is 23.4 Å². The molecule has 0 saturated carbocycles. The van der Waals surface area contributed by atoms with Gasteiger partial charge in [-0.1, -0.05) is 12.1 Å². The highest BCUT2D eigenvalue weighted by Crippen LogP contribution is 2.26. The lowest BCUT2D eigenvalue weighted by Crippen LogP contribution is -2.52. The number of benzene rings is 2. The van der Waals surface area contributed by atoms with Crippen molar-refractivity contribution >= 4 is 35.3 Å². The quantitative estimate of drug-likeness (QED) is 0.288. The first-order valence-corrected chi connectivity index (χ1v) is 11.8. The Bertz CT molecular complexity index is 1250. The highest BCUT2D eigenvalue weighted by atomic mass is 16.6. The van der Waals surface area contributed by atoms with E-state index in [4.69, 9.17) is 4.74 Å². The molecule has 13 nitrogen and oxygen atoms in total. The summed E-state index contributed by atoms with van der Waals surface area (Å²) in [5, 5.41) is 20.4. The molecule has 0 radical (unpaired) electrons. The molecule has 0 aliphatic carbocycles. The molecule has 38 heavy (non-hydrogen) atoms. The summed E-state index contributed by atoms with van der Waals surface area (Å²) in [6.45, 7) is 0.677. The topological polar surface area (TPSA) is 168 Å². The Labute approximate surface area is 216 Å². The van der Waals surface area contributed by atoms with Crippen LogP contribution in [0.15, 0.2) is 48.5 Å². The Morgan fingerprint density at radius 2 is 1.42 bits per heavy atom. The van der Waals surface area contributed by atoms with Gasteiger partial charge in [-0.25, -0.2) is 4.79 Å². The second-order valence-corrected chi connectivity index (χ2v) is 8.72. The van der Waals surface area contributed by atoms with Crippen LogP contribution in [0.25, 0.3) is 0 Å². The molecule has 1 atom stereocenters. The number of nitro groups is 1. The highest BCUT2D eigenvalue weighted by Gasteiger charge is 2.43. The zero-order valence-corrected chi connectivity index (χ0v) is 20.1. The third-order valence-electron chi connectivity index (χ3n) is 6.45. The lowest BCUT2D eigenvalue weighted by atomic mass is 10.1. The molecule has 2 heterocycles. The van der Waals surface area contributed by atoms with Crippen molar-refractivity contribution in [1.82, 2.24) is 14.7 Å². The number of amides is 4. The van der Waals surface area contributed by atoms with Gasteiger partial charge in [0.05, 0.1) is 16.1 Å². The number of piperazine rings is 1. The number of carbonyl (C=O) groups is 5. The second kappa shape index (κ2) is 11.1. The summed E-state index contributed by atoms with van der Waals surface area (Å²) in [6.07, 6.45) is -0.427. The van der Waals surface area contributed by atoms with Crippen LogP contribution in [-0.2, 0) is 14.4 Å². The van der Waals surface area contributed by atoms with Crippen molar-refractivity contribution in [2.75, 3.05) is 32.8 Å². The first kappa shape index (κ1) is 26.3. The highest BCUT2D eigenvalue weighted by molar-refractivity contribution is 6.22. The summed E-state index contributed by atoms with van der Waals surface area (Å²) in [5.74, 6) is -3.13. The van der Waals surface area contributed by atoms with Gasteiger partial charge >= 0.3 is 5.97 Å². The lowest BCUT2D eigenvalue weighted by molar-refractivity contribution is -0.384. The number of hydrogen-bond donors (Lipinski definition) is 1. The van der Waals surface area contributed by atoms with Gasteiger partial charge in [-0.15, -0.1) is 0 Å². The standard InChI is InChI=1S/C25H24N4O9/c30-21(10-9-20(25(34)35)28-23(32)18-3-1-2-4-19(18)24(28)33)26-11-13-27(14-12-26)22(31)15-38-17-7-5-16(6-8-17)29(36)37/h1-8,20H,9-15H2,(H,34,35)/t20-/m0/s1. The molecule has 0 aromatic heterocycles. The smallest absolute Gasteiger partial charge is 0.326 e. The maximum absolute atomic E-state index is 12.8. The lowest BCUT2D eigenvalue weighted by Gasteiger charge is -2.35. The Hall–Kier alpha value is -4.81. The van der Waals surface area contributed by atoms with Crippen LogP contribution in [0.4, 0.5) is 5.69 Å². The number of imide groups is 1. The minimum Gasteiger partial charge on any atom is -0.484 e. The molecule has 4 rings (SSSR count). The van der Waals surface area contributed by atoms with Gasteiger partial charge in [-0.05, 0) is 30.7 Å². The number of aliphatic carboxylic acids is 1. The van der Waals surface area contributed by atoms with E-state index < -0.39 is 28.7 Å². The number of ether oxygens (including phenoxy) is 1. The minimum atomic E-state index is -1.48. The fourth-order valence-corrected chi connectivity index (χ4v) is 4.38. The predicted octanol–water partition coefficient (Wildman–Crippen LogP) is 1.17. The molecule has 2 aromatic rings. The molecule has 1 fully saturated rings. The van der Waals surface area contributed by atoms with Crippen LogP contribution in [0.2, 0.25) is 0 Å². The monoisotopic (exact) mass is 524 g/mol. The number of carboxylic acids is 1. The molecular weight excluding hydrogens is 500 g/mol. The Morgan fingerprint density at radius 1 is 0.895 bits per heavy atom. The van der Waals surface area contributed by atoms with Crippen molar-refractivity contribution in [2.24, 2.45) is 0 Å². The molecule has 0 unspecified atom stereocenters. The zero-order chi connectivity index (χ0) is 27.4. The number of non-ortho nitro benzene ring substituents is 1. The fraction of sp³-hybridized carbons (Fsp3) is 0.320. The number of fused-ring (bicyclic) bond motifs is 1. The molecule has 2 aliphatic heterocycles. The van der Waals surface area contributed by atoms with Crippen LogP contribution in [0, 0.1) is 10.1 Å². The minimum absolute atomic E-state index is 0.0946. The number of nitrogens with zero attached hydrogens (tertiary/aromatic N) is 4. The largest absolute Gasteiger partial charge is 0.484 e. The molecule has 2 aliphatic rings. The van der Waals surface area contributed by atoms with E-state index >= 15 is 0 Å². The van der Waals surface area contributed by atoms with Crippen molar-refractivity contribution in [3.63, 3.8) is 0 Å².